The molecule has 21 heavy (non-hydrogen) atoms. The number of aryl methyl sites for hydroxylation is 1. The maximum absolute atomic E-state index is 5.38. The Kier molecular flexibility index (Phi) is 4.41. The highest BCUT2D eigenvalue weighted by atomic mass is 79.9. The van der Waals surface area contributed by atoms with E-state index in [1.807, 2.05) is 12.3 Å². The lowest BCUT2D eigenvalue weighted by molar-refractivity contribution is 0.122. The minimum Gasteiger partial charge on any atom is -0.378 e. The van der Waals surface area contributed by atoms with Gasteiger partial charge in [-0.05, 0) is 58.7 Å². The van der Waals surface area contributed by atoms with E-state index >= 15 is 0 Å². The number of nitrogens with one attached hydrogen (secondary N) is 1. The quantitative estimate of drug-likeness (QED) is 0.917. The second kappa shape index (κ2) is 6.45. The number of nitrogens with zero attached hydrogens (tertiary/aromatic N) is 2. The van der Waals surface area contributed by atoms with Crippen molar-refractivity contribution in [2.45, 2.75) is 6.92 Å². The maximum Gasteiger partial charge on any atom is 0.130 e. The van der Waals surface area contributed by atoms with Crippen LogP contribution in [0, 0.1) is 6.92 Å². The molecule has 1 saturated heterocycles. The van der Waals surface area contributed by atoms with Crippen LogP contribution in [-0.4, -0.2) is 31.3 Å². The van der Waals surface area contributed by atoms with Gasteiger partial charge in [0.15, 0.2) is 0 Å². The minimum atomic E-state index is 0.808. The van der Waals surface area contributed by atoms with Crippen molar-refractivity contribution in [3.8, 4) is 0 Å². The van der Waals surface area contributed by atoms with E-state index in [0.29, 0.717) is 0 Å². The SMILES string of the molecule is Cc1cc(Nc2ccc(N3CCOCC3)cc2)ncc1Br. The molecular weight excluding hydrogens is 330 g/mol. The van der Waals surface area contributed by atoms with E-state index in [9.17, 15) is 0 Å². The Morgan fingerprint density at radius 3 is 2.57 bits per heavy atom. The first-order chi connectivity index (χ1) is 10.2. The molecule has 1 N–H and O–H groups in total. The van der Waals surface area contributed by atoms with E-state index < -0.39 is 0 Å². The standard InChI is InChI=1S/C16H18BrN3O/c1-12-10-16(18-11-15(12)17)19-13-2-4-14(5-3-13)20-6-8-21-9-7-20/h2-5,10-11H,6-9H2,1H3,(H,18,19). The summed E-state index contributed by atoms with van der Waals surface area (Å²) < 4.78 is 6.40. The average molecular weight is 348 g/mol. The van der Waals surface area contributed by atoms with Gasteiger partial charge >= 0.3 is 0 Å². The fourth-order valence-electron chi connectivity index (χ4n) is 2.33. The summed E-state index contributed by atoms with van der Waals surface area (Å²) in [6.45, 7) is 5.59. The summed E-state index contributed by atoms with van der Waals surface area (Å²) in [6.07, 6.45) is 1.82. The molecule has 2 heterocycles. The van der Waals surface area contributed by atoms with Gasteiger partial charge in [0.2, 0.25) is 0 Å². The van der Waals surface area contributed by atoms with Gasteiger partial charge in [-0.1, -0.05) is 0 Å². The maximum atomic E-state index is 5.38. The van der Waals surface area contributed by atoms with Crippen molar-refractivity contribution in [3.63, 3.8) is 0 Å². The van der Waals surface area contributed by atoms with Gasteiger partial charge in [0.1, 0.15) is 5.82 Å². The summed E-state index contributed by atoms with van der Waals surface area (Å²) in [4.78, 5) is 6.70. The third-order valence-corrected chi connectivity index (χ3v) is 4.39. The molecular formula is C16H18BrN3O. The number of rotatable bonds is 3. The highest BCUT2D eigenvalue weighted by Crippen LogP contribution is 2.23. The van der Waals surface area contributed by atoms with Crippen LogP contribution in [0.25, 0.3) is 0 Å². The summed E-state index contributed by atoms with van der Waals surface area (Å²) >= 11 is 3.46. The summed E-state index contributed by atoms with van der Waals surface area (Å²) in [5.74, 6) is 0.856. The van der Waals surface area contributed by atoms with Crippen LogP contribution in [0.1, 0.15) is 5.56 Å². The van der Waals surface area contributed by atoms with Gasteiger partial charge in [-0.3, -0.25) is 0 Å². The molecule has 1 aliphatic rings. The molecule has 0 spiro atoms. The monoisotopic (exact) mass is 347 g/mol. The van der Waals surface area contributed by atoms with Crippen molar-refractivity contribution < 1.29 is 4.74 Å². The van der Waals surface area contributed by atoms with Gasteiger partial charge in [-0.2, -0.15) is 0 Å². The van der Waals surface area contributed by atoms with Gasteiger partial charge in [-0.25, -0.2) is 4.98 Å². The predicted octanol–water partition coefficient (Wildman–Crippen LogP) is 3.73. The topological polar surface area (TPSA) is 37.4 Å². The molecule has 4 nitrogen and oxygen atoms in total. The Bertz CT molecular complexity index is 609. The van der Waals surface area contributed by atoms with E-state index in [2.05, 4.69) is 62.3 Å². The smallest absolute Gasteiger partial charge is 0.130 e. The summed E-state index contributed by atoms with van der Waals surface area (Å²) in [5, 5.41) is 3.33. The molecule has 1 aromatic heterocycles. The first kappa shape index (κ1) is 14.4. The number of anilines is 3. The fourth-order valence-corrected chi connectivity index (χ4v) is 2.55. The Morgan fingerprint density at radius 2 is 1.90 bits per heavy atom. The van der Waals surface area contributed by atoms with Crippen LogP contribution in [0.3, 0.4) is 0 Å². The molecule has 0 aliphatic carbocycles. The number of ether oxygens (including phenoxy) is 1. The van der Waals surface area contributed by atoms with Crippen molar-refractivity contribution in [3.05, 3.63) is 46.6 Å². The van der Waals surface area contributed by atoms with Crippen LogP contribution in [0.4, 0.5) is 17.2 Å². The number of aromatic nitrogens is 1. The van der Waals surface area contributed by atoms with Crippen LogP contribution in [0.5, 0.6) is 0 Å². The number of pyridine rings is 1. The third-order valence-electron chi connectivity index (χ3n) is 3.56. The Morgan fingerprint density at radius 1 is 1.19 bits per heavy atom. The Balaban J connectivity index is 1.70. The molecule has 0 saturated carbocycles. The van der Waals surface area contributed by atoms with Crippen molar-refractivity contribution in [2.75, 3.05) is 36.5 Å². The van der Waals surface area contributed by atoms with Gasteiger partial charge in [0, 0.05) is 35.1 Å². The fraction of sp³-hybridized carbons (Fsp3) is 0.312. The first-order valence-corrected chi connectivity index (χ1v) is 7.83. The summed E-state index contributed by atoms with van der Waals surface area (Å²) in [5.41, 5.74) is 3.45. The minimum absolute atomic E-state index is 0.808. The van der Waals surface area contributed by atoms with E-state index in [-0.39, 0.29) is 0 Å². The number of halogens is 1. The second-order valence-electron chi connectivity index (χ2n) is 5.09. The molecule has 1 aromatic carbocycles. The summed E-state index contributed by atoms with van der Waals surface area (Å²) in [7, 11) is 0. The van der Waals surface area contributed by atoms with Crippen LogP contribution < -0.4 is 10.2 Å². The van der Waals surface area contributed by atoms with Crippen LogP contribution in [0.2, 0.25) is 0 Å². The van der Waals surface area contributed by atoms with E-state index in [1.165, 1.54) is 5.69 Å². The molecule has 0 radical (unpaired) electrons. The largest absolute Gasteiger partial charge is 0.378 e. The molecule has 1 aliphatic heterocycles. The van der Waals surface area contributed by atoms with Crippen LogP contribution in [-0.2, 0) is 4.74 Å². The van der Waals surface area contributed by atoms with Gasteiger partial charge in [-0.15, -0.1) is 0 Å². The number of morpholine rings is 1. The van der Waals surface area contributed by atoms with Gasteiger partial charge in [0.05, 0.1) is 13.2 Å². The zero-order valence-corrected chi connectivity index (χ0v) is 13.6. The predicted molar refractivity (Wildman–Crippen MR) is 89.4 cm³/mol. The molecule has 1 fully saturated rings. The normalized spacial score (nSPS) is 15.0. The van der Waals surface area contributed by atoms with Crippen LogP contribution in [0.15, 0.2) is 41.0 Å². The lowest BCUT2D eigenvalue weighted by Gasteiger charge is -2.28. The van der Waals surface area contributed by atoms with E-state index in [4.69, 9.17) is 4.74 Å². The molecule has 0 atom stereocenters. The van der Waals surface area contributed by atoms with E-state index in [0.717, 1.165) is 47.8 Å². The van der Waals surface area contributed by atoms with Crippen molar-refractivity contribution in [1.29, 1.82) is 0 Å². The molecule has 2 aromatic rings. The van der Waals surface area contributed by atoms with Crippen molar-refractivity contribution in [2.24, 2.45) is 0 Å². The zero-order valence-electron chi connectivity index (χ0n) is 12.0. The van der Waals surface area contributed by atoms with Crippen LogP contribution >= 0.6 is 15.9 Å². The zero-order chi connectivity index (χ0) is 14.7. The van der Waals surface area contributed by atoms with Crippen molar-refractivity contribution >= 4 is 33.1 Å². The highest BCUT2D eigenvalue weighted by Gasteiger charge is 2.10. The third kappa shape index (κ3) is 3.54. The Labute approximate surface area is 133 Å². The molecule has 3 rings (SSSR count). The molecule has 0 unspecified atom stereocenters. The first-order valence-electron chi connectivity index (χ1n) is 7.04. The summed E-state index contributed by atoms with van der Waals surface area (Å²) in [6, 6.07) is 10.5. The molecule has 0 amide bonds. The second-order valence-corrected chi connectivity index (χ2v) is 5.94. The van der Waals surface area contributed by atoms with Crippen molar-refractivity contribution in [1.82, 2.24) is 4.98 Å². The average Bonchev–Trinajstić information content (AvgIpc) is 2.53. The lowest BCUT2D eigenvalue weighted by Crippen LogP contribution is -2.36. The number of hydrogen-bond donors (Lipinski definition) is 1. The van der Waals surface area contributed by atoms with Gasteiger partial charge in [0.25, 0.3) is 0 Å². The highest BCUT2D eigenvalue weighted by molar-refractivity contribution is 9.10. The Hall–Kier alpha value is -1.59. The molecule has 0 bridgehead atoms. The van der Waals surface area contributed by atoms with Gasteiger partial charge < -0.3 is 15.0 Å². The molecule has 5 heteroatoms. The number of benzene rings is 1. The molecule has 110 valence electrons. The lowest BCUT2D eigenvalue weighted by atomic mass is 10.2. The number of hydrogen-bond acceptors (Lipinski definition) is 4. The van der Waals surface area contributed by atoms with E-state index in [1.54, 1.807) is 0 Å².